The van der Waals surface area contributed by atoms with Crippen LogP contribution < -0.4 is 0 Å². The highest BCUT2D eigenvalue weighted by atomic mass is 16.3. The maximum absolute atomic E-state index is 9.49. The van der Waals surface area contributed by atoms with E-state index in [0.717, 1.165) is 60.0 Å². The number of fused-ring (bicyclic) bond motifs is 10. The molecule has 136 valence electrons. The Kier molecular flexibility index (Phi) is 2.61. The van der Waals surface area contributed by atoms with E-state index in [2.05, 4.69) is 28.7 Å². The van der Waals surface area contributed by atoms with Crippen LogP contribution >= 0.6 is 0 Å². The monoisotopic (exact) mass is 381 g/mol. The van der Waals surface area contributed by atoms with Crippen molar-refractivity contribution < 1.29 is 4.42 Å². The second-order valence-corrected chi connectivity index (χ2v) is 7.64. The van der Waals surface area contributed by atoms with E-state index in [4.69, 9.17) is 4.42 Å². The van der Waals surface area contributed by atoms with E-state index >= 15 is 0 Å². The van der Waals surface area contributed by atoms with Gasteiger partial charge in [-0.15, -0.1) is 0 Å². The average molecular weight is 381 g/mol. The normalized spacial score (nSPS) is 11.9. The molecule has 0 atom stereocenters. The Labute approximate surface area is 169 Å². The Balaban J connectivity index is 1.90. The molecule has 3 heterocycles. The summed E-state index contributed by atoms with van der Waals surface area (Å²) >= 11 is 0. The summed E-state index contributed by atoms with van der Waals surface area (Å²) in [4.78, 5) is 0. The molecular weight excluding hydrogens is 370 g/mol. The first-order chi connectivity index (χ1) is 14.8. The molecule has 0 fully saturated rings. The quantitative estimate of drug-likeness (QED) is 0.302. The molecule has 30 heavy (non-hydrogen) atoms. The molecule has 0 spiro atoms. The lowest BCUT2D eigenvalue weighted by molar-refractivity contribution is 0.669. The highest BCUT2D eigenvalue weighted by Crippen LogP contribution is 2.45. The minimum absolute atomic E-state index is 0.612. The first kappa shape index (κ1) is 15.4. The minimum atomic E-state index is 0.612. The molecule has 0 unspecified atom stereocenters. The molecule has 7 rings (SSSR count). The molecule has 0 aliphatic heterocycles. The van der Waals surface area contributed by atoms with Crippen molar-refractivity contribution in [2.45, 2.75) is 0 Å². The molecule has 0 saturated heterocycles. The number of furan rings is 1. The minimum Gasteiger partial charge on any atom is -0.456 e. The number of rotatable bonds is 0. The molecule has 4 heteroatoms. The maximum Gasteiger partial charge on any atom is 0.136 e. The van der Waals surface area contributed by atoms with Crippen LogP contribution in [0.2, 0.25) is 0 Å². The standard InChI is InChI=1S/C26H11N3O/c27-12-14-5-7-16-19-11-23-24(18-3-1-2-4-22(18)30-23)25-17-8-6-15(13-28)10-21(17)29(26(19)25)20(16)9-14/h1-11H. The number of hydrogen-bond acceptors (Lipinski definition) is 3. The number of nitriles is 2. The van der Waals surface area contributed by atoms with Crippen LogP contribution in [-0.4, -0.2) is 4.40 Å². The summed E-state index contributed by atoms with van der Waals surface area (Å²) < 4.78 is 8.43. The molecule has 0 aliphatic rings. The zero-order valence-electron chi connectivity index (χ0n) is 15.6. The van der Waals surface area contributed by atoms with E-state index in [1.165, 1.54) is 0 Å². The van der Waals surface area contributed by atoms with Gasteiger partial charge in [0.2, 0.25) is 0 Å². The summed E-state index contributed by atoms with van der Waals surface area (Å²) in [6, 6.07) is 26.3. The summed E-state index contributed by atoms with van der Waals surface area (Å²) in [5.74, 6) is 0. The summed E-state index contributed by atoms with van der Waals surface area (Å²) in [5, 5.41) is 25.5. The molecule has 0 amide bonds. The van der Waals surface area contributed by atoms with Gasteiger partial charge < -0.3 is 8.82 Å². The number of aromatic nitrogens is 1. The van der Waals surface area contributed by atoms with Crippen LogP contribution in [0, 0.1) is 22.7 Å². The zero-order chi connectivity index (χ0) is 20.0. The van der Waals surface area contributed by atoms with Crippen LogP contribution in [0.5, 0.6) is 0 Å². The van der Waals surface area contributed by atoms with Crippen molar-refractivity contribution in [1.29, 1.82) is 10.5 Å². The first-order valence-electron chi connectivity index (χ1n) is 9.66. The van der Waals surface area contributed by atoms with Gasteiger partial charge in [0.05, 0.1) is 39.8 Å². The van der Waals surface area contributed by atoms with Crippen molar-refractivity contribution in [1.82, 2.24) is 4.40 Å². The van der Waals surface area contributed by atoms with Crippen LogP contribution in [0.3, 0.4) is 0 Å². The largest absolute Gasteiger partial charge is 0.456 e. The Bertz CT molecular complexity index is 1920. The van der Waals surface area contributed by atoms with Crippen molar-refractivity contribution in [3.05, 3.63) is 77.9 Å². The van der Waals surface area contributed by atoms with Crippen molar-refractivity contribution in [2.24, 2.45) is 0 Å². The highest BCUT2D eigenvalue weighted by molar-refractivity contribution is 6.34. The van der Waals surface area contributed by atoms with Crippen LogP contribution in [0.1, 0.15) is 11.1 Å². The molecule has 0 N–H and O–H groups in total. The maximum atomic E-state index is 9.49. The first-order valence-corrected chi connectivity index (χ1v) is 9.66. The molecule has 0 saturated carbocycles. The lowest BCUT2D eigenvalue weighted by Crippen LogP contribution is -1.83. The van der Waals surface area contributed by atoms with Crippen molar-refractivity contribution in [3.63, 3.8) is 0 Å². The second kappa shape index (κ2) is 5.08. The fourth-order valence-electron chi connectivity index (χ4n) is 4.96. The number of hydrogen-bond donors (Lipinski definition) is 0. The fourth-order valence-corrected chi connectivity index (χ4v) is 4.96. The molecular formula is C26H11N3O. The summed E-state index contributed by atoms with van der Waals surface area (Å²) in [6.07, 6.45) is 0. The number of nitrogens with zero attached hydrogens (tertiary/aromatic N) is 3. The third-order valence-electron chi connectivity index (χ3n) is 6.16. The van der Waals surface area contributed by atoms with Gasteiger partial charge >= 0.3 is 0 Å². The van der Waals surface area contributed by atoms with Gasteiger partial charge in [0.15, 0.2) is 0 Å². The second-order valence-electron chi connectivity index (χ2n) is 7.64. The van der Waals surface area contributed by atoms with Crippen LogP contribution in [-0.2, 0) is 0 Å². The van der Waals surface area contributed by atoms with Gasteiger partial charge in [0.25, 0.3) is 0 Å². The van der Waals surface area contributed by atoms with E-state index in [9.17, 15) is 10.5 Å². The van der Waals surface area contributed by atoms with Gasteiger partial charge in [-0.3, -0.25) is 0 Å². The van der Waals surface area contributed by atoms with Gasteiger partial charge in [-0.2, -0.15) is 10.5 Å². The van der Waals surface area contributed by atoms with E-state index < -0.39 is 0 Å². The predicted molar refractivity (Wildman–Crippen MR) is 118 cm³/mol. The summed E-state index contributed by atoms with van der Waals surface area (Å²) in [7, 11) is 0. The Hall–Kier alpha value is -4.54. The van der Waals surface area contributed by atoms with Crippen LogP contribution in [0.25, 0.3) is 60.0 Å². The Morgan fingerprint density at radius 3 is 2.10 bits per heavy atom. The molecule has 4 aromatic carbocycles. The lowest BCUT2D eigenvalue weighted by atomic mass is 10.0. The van der Waals surface area contributed by atoms with Crippen LogP contribution in [0.4, 0.5) is 0 Å². The van der Waals surface area contributed by atoms with Gasteiger partial charge in [-0.25, -0.2) is 0 Å². The van der Waals surface area contributed by atoms with E-state index in [1.54, 1.807) is 0 Å². The molecule has 4 nitrogen and oxygen atoms in total. The van der Waals surface area contributed by atoms with Crippen molar-refractivity contribution in [2.75, 3.05) is 0 Å². The third-order valence-corrected chi connectivity index (χ3v) is 6.16. The fraction of sp³-hybridized carbons (Fsp3) is 0. The Morgan fingerprint density at radius 1 is 0.633 bits per heavy atom. The van der Waals surface area contributed by atoms with E-state index in [0.29, 0.717) is 11.1 Å². The van der Waals surface area contributed by atoms with Gasteiger partial charge in [-0.05, 0) is 36.4 Å². The summed E-state index contributed by atoms with van der Waals surface area (Å²) in [5.41, 5.74) is 5.97. The molecule has 7 aromatic rings. The topological polar surface area (TPSA) is 65.1 Å². The molecule has 3 aromatic heterocycles. The SMILES string of the molecule is N#Cc1ccc2c3cc4oc5ccccc5c4c4c5ccc(C#N)cc5n(c2c1)c34. The average Bonchev–Trinajstić information content (AvgIpc) is 3.43. The highest BCUT2D eigenvalue weighted by Gasteiger charge is 2.23. The van der Waals surface area contributed by atoms with Gasteiger partial charge in [0, 0.05) is 32.3 Å². The summed E-state index contributed by atoms with van der Waals surface area (Å²) in [6.45, 7) is 0. The molecule has 0 radical (unpaired) electrons. The Morgan fingerprint density at radius 2 is 1.33 bits per heavy atom. The molecule has 0 bridgehead atoms. The zero-order valence-corrected chi connectivity index (χ0v) is 15.6. The third kappa shape index (κ3) is 1.66. The van der Waals surface area contributed by atoms with Gasteiger partial charge in [-0.1, -0.05) is 30.3 Å². The van der Waals surface area contributed by atoms with Crippen molar-refractivity contribution >= 4 is 60.0 Å². The predicted octanol–water partition coefficient (Wildman–Crippen LogP) is 6.48. The van der Waals surface area contributed by atoms with E-state index in [-0.39, 0.29) is 0 Å². The van der Waals surface area contributed by atoms with Gasteiger partial charge in [0.1, 0.15) is 11.2 Å². The number of para-hydroxylation sites is 1. The smallest absolute Gasteiger partial charge is 0.136 e. The number of benzene rings is 4. The lowest BCUT2D eigenvalue weighted by Gasteiger charge is -1.99. The van der Waals surface area contributed by atoms with Crippen molar-refractivity contribution in [3.8, 4) is 12.1 Å². The molecule has 0 aliphatic carbocycles. The van der Waals surface area contributed by atoms with E-state index in [1.807, 2.05) is 54.6 Å². The van der Waals surface area contributed by atoms with Crippen LogP contribution in [0.15, 0.2) is 71.1 Å².